The molecule has 0 fully saturated rings. The lowest BCUT2D eigenvalue weighted by Gasteiger charge is -2.07. The van der Waals surface area contributed by atoms with Crippen molar-refractivity contribution in [2.24, 2.45) is 0 Å². The molecule has 2 aromatic heterocycles. The van der Waals surface area contributed by atoms with Gasteiger partial charge >= 0.3 is 0 Å². The van der Waals surface area contributed by atoms with Gasteiger partial charge in [-0.2, -0.15) is 10.2 Å². The molecule has 2 heterocycles. The lowest BCUT2D eigenvalue weighted by molar-refractivity contribution is 0.619. The largest absolute Gasteiger partial charge is 0.330 e. The second-order valence-electron chi connectivity index (χ2n) is 7.05. The standard InChI is InChI=1S/C22H21FN6S/c1-16-5-7-17(8-6-16)12-28-14-20(10-24-28)26-22(30)27-21-11-25-29(15-21)13-18-3-2-4-19(23)9-18/h2-11,14-15H,12-13H2,1H3,(H2,26,27,30). The molecule has 4 rings (SSSR count). The van der Waals surface area contributed by atoms with Gasteiger partial charge in [-0.25, -0.2) is 4.39 Å². The molecule has 0 aliphatic carbocycles. The van der Waals surface area contributed by atoms with Gasteiger partial charge in [-0.15, -0.1) is 0 Å². The maximum atomic E-state index is 13.3. The molecule has 0 spiro atoms. The van der Waals surface area contributed by atoms with Crippen LogP contribution in [0.25, 0.3) is 0 Å². The first-order chi connectivity index (χ1) is 14.5. The van der Waals surface area contributed by atoms with Gasteiger partial charge in [0.15, 0.2) is 5.11 Å². The summed E-state index contributed by atoms with van der Waals surface area (Å²) in [6.45, 7) is 3.24. The molecule has 0 saturated carbocycles. The molecule has 2 aromatic carbocycles. The van der Waals surface area contributed by atoms with E-state index in [2.05, 4.69) is 52.0 Å². The van der Waals surface area contributed by atoms with Crippen LogP contribution in [-0.2, 0) is 13.1 Å². The minimum atomic E-state index is -0.258. The molecular weight excluding hydrogens is 399 g/mol. The summed E-state index contributed by atoms with van der Waals surface area (Å²) in [7, 11) is 0. The minimum Gasteiger partial charge on any atom is -0.330 e. The van der Waals surface area contributed by atoms with Crippen molar-refractivity contribution in [1.29, 1.82) is 0 Å². The first-order valence-electron chi connectivity index (χ1n) is 9.46. The topological polar surface area (TPSA) is 59.7 Å². The van der Waals surface area contributed by atoms with Gasteiger partial charge in [-0.3, -0.25) is 9.36 Å². The number of thiocarbonyl (C=S) groups is 1. The molecule has 0 unspecified atom stereocenters. The van der Waals surface area contributed by atoms with Crippen LogP contribution in [-0.4, -0.2) is 24.7 Å². The number of halogens is 1. The molecule has 2 N–H and O–H groups in total. The van der Waals surface area contributed by atoms with Gasteiger partial charge in [0, 0.05) is 12.4 Å². The number of hydrogen-bond acceptors (Lipinski definition) is 3. The number of aromatic nitrogens is 4. The van der Waals surface area contributed by atoms with Crippen molar-refractivity contribution in [1.82, 2.24) is 19.6 Å². The molecule has 0 aliphatic rings. The average Bonchev–Trinajstić information content (AvgIpc) is 3.33. The quantitative estimate of drug-likeness (QED) is 0.452. The number of rotatable bonds is 6. The average molecular weight is 421 g/mol. The highest BCUT2D eigenvalue weighted by atomic mass is 32.1. The summed E-state index contributed by atoms with van der Waals surface area (Å²) in [6, 6.07) is 14.8. The van der Waals surface area contributed by atoms with Crippen LogP contribution in [0.15, 0.2) is 73.3 Å². The maximum Gasteiger partial charge on any atom is 0.175 e. The monoisotopic (exact) mass is 420 g/mol. The van der Waals surface area contributed by atoms with Crippen LogP contribution in [0.1, 0.15) is 16.7 Å². The van der Waals surface area contributed by atoms with Crippen LogP contribution in [0.2, 0.25) is 0 Å². The van der Waals surface area contributed by atoms with Crippen LogP contribution in [0, 0.1) is 12.7 Å². The van der Waals surface area contributed by atoms with Gasteiger partial charge in [-0.1, -0.05) is 42.0 Å². The normalized spacial score (nSPS) is 10.7. The van der Waals surface area contributed by atoms with E-state index in [1.165, 1.54) is 23.3 Å². The zero-order chi connectivity index (χ0) is 20.9. The highest BCUT2D eigenvalue weighted by Crippen LogP contribution is 2.12. The zero-order valence-corrected chi connectivity index (χ0v) is 17.2. The van der Waals surface area contributed by atoms with Crippen LogP contribution in [0.3, 0.4) is 0 Å². The first-order valence-corrected chi connectivity index (χ1v) is 9.87. The fraction of sp³-hybridized carbons (Fsp3) is 0.136. The summed E-state index contributed by atoms with van der Waals surface area (Å²) in [5.74, 6) is -0.258. The molecule has 0 radical (unpaired) electrons. The summed E-state index contributed by atoms with van der Waals surface area (Å²) in [6.07, 6.45) is 7.13. The zero-order valence-electron chi connectivity index (χ0n) is 16.4. The molecule has 0 bridgehead atoms. The second kappa shape index (κ2) is 8.87. The van der Waals surface area contributed by atoms with Crippen LogP contribution in [0.4, 0.5) is 15.8 Å². The third kappa shape index (κ3) is 5.30. The van der Waals surface area contributed by atoms with Gasteiger partial charge in [0.1, 0.15) is 5.82 Å². The van der Waals surface area contributed by atoms with Crippen molar-refractivity contribution >= 4 is 28.7 Å². The molecule has 6 nitrogen and oxygen atoms in total. The van der Waals surface area contributed by atoms with Gasteiger partial charge in [0.25, 0.3) is 0 Å². The summed E-state index contributed by atoms with van der Waals surface area (Å²) < 4.78 is 16.9. The minimum absolute atomic E-state index is 0.258. The van der Waals surface area contributed by atoms with E-state index in [9.17, 15) is 4.39 Å². The van der Waals surface area contributed by atoms with Crippen molar-refractivity contribution < 1.29 is 4.39 Å². The number of nitrogens with zero attached hydrogens (tertiary/aromatic N) is 4. The summed E-state index contributed by atoms with van der Waals surface area (Å²) >= 11 is 5.38. The Morgan fingerprint density at radius 3 is 2.10 bits per heavy atom. The van der Waals surface area contributed by atoms with E-state index in [4.69, 9.17) is 12.2 Å². The molecule has 0 saturated heterocycles. The predicted octanol–water partition coefficient (Wildman–Crippen LogP) is 4.43. The van der Waals surface area contributed by atoms with Gasteiger partial charge in [0.2, 0.25) is 0 Å². The number of nitrogens with one attached hydrogen (secondary N) is 2. The fourth-order valence-corrected chi connectivity index (χ4v) is 3.26. The lowest BCUT2D eigenvalue weighted by Crippen LogP contribution is -2.18. The number of benzene rings is 2. The fourth-order valence-electron chi connectivity index (χ4n) is 3.03. The Bertz CT molecular complexity index is 1150. The molecule has 4 aromatic rings. The van der Waals surface area contributed by atoms with Gasteiger partial charge < -0.3 is 10.6 Å². The Morgan fingerprint density at radius 2 is 1.50 bits per heavy atom. The molecule has 152 valence electrons. The smallest absolute Gasteiger partial charge is 0.175 e. The molecule has 0 aliphatic heterocycles. The van der Waals surface area contributed by atoms with Gasteiger partial charge in [-0.05, 0) is 42.4 Å². The van der Waals surface area contributed by atoms with E-state index in [1.807, 2.05) is 23.1 Å². The Labute approximate surface area is 179 Å². The third-order valence-corrected chi connectivity index (χ3v) is 4.69. The highest BCUT2D eigenvalue weighted by Gasteiger charge is 2.05. The second-order valence-corrected chi connectivity index (χ2v) is 7.46. The Kier molecular flexibility index (Phi) is 5.85. The van der Waals surface area contributed by atoms with E-state index in [0.29, 0.717) is 18.2 Å². The Morgan fingerprint density at radius 1 is 0.900 bits per heavy atom. The van der Waals surface area contributed by atoms with E-state index >= 15 is 0 Å². The lowest BCUT2D eigenvalue weighted by atomic mass is 10.1. The maximum absolute atomic E-state index is 13.3. The molecule has 0 atom stereocenters. The number of hydrogen-bond donors (Lipinski definition) is 2. The number of aryl methyl sites for hydroxylation is 1. The van der Waals surface area contributed by atoms with Crippen LogP contribution >= 0.6 is 12.2 Å². The van der Waals surface area contributed by atoms with Crippen LogP contribution < -0.4 is 10.6 Å². The summed E-state index contributed by atoms with van der Waals surface area (Å²) in [4.78, 5) is 0. The van der Waals surface area contributed by atoms with Crippen molar-refractivity contribution in [3.63, 3.8) is 0 Å². The first kappa shape index (κ1) is 19.8. The van der Waals surface area contributed by atoms with E-state index in [0.717, 1.165) is 16.9 Å². The van der Waals surface area contributed by atoms with Crippen molar-refractivity contribution in [3.8, 4) is 0 Å². The van der Waals surface area contributed by atoms with E-state index < -0.39 is 0 Å². The van der Waals surface area contributed by atoms with Crippen molar-refractivity contribution in [2.45, 2.75) is 20.0 Å². The van der Waals surface area contributed by atoms with Gasteiger partial charge in [0.05, 0.1) is 36.9 Å². The third-order valence-electron chi connectivity index (χ3n) is 4.48. The summed E-state index contributed by atoms with van der Waals surface area (Å²) in [5.41, 5.74) is 4.80. The molecule has 8 heteroatoms. The summed E-state index contributed by atoms with van der Waals surface area (Å²) in [5, 5.41) is 15.3. The Balaban J connectivity index is 1.31. The highest BCUT2D eigenvalue weighted by molar-refractivity contribution is 7.80. The Hall–Kier alpha value is -3.52. The predicted molar refractivity (Wildman–Crippen MR) is 120 cm³/mol. The van der Waals surface area contributed by atoms with Crippen molar-refractivity contribution in [2.75, 3.05) is 10.6 Å². The SMILES string of the molecule is Cc1ccc(Cn2cc(NC(=S)Nc3cnn(Cc4cccc(F)c4)c3)cn2)cc1. The molecular formula is C22H21FN6S. The molecule has 30 heavy (non-hydrogen) atoms. The van der Waals surface area contributed by atoms with Crippen molar-refractivity contribution in [3.05, 3.63) is 95.8 Å². The van der Waals surface area contributed by atoms with E-state index in [-0.39, 0.29) is 5.82 Å². The van der Waals surface area contributed by atoms with Crippen LogP contribution in [0.5, 0.6) is 0 Å². The molecule has 0 amide bonds. The van der Waals surface area contributed by atoms with E-state index in [1.54, 1.807) is 23.1 Å². The number of anilines is 2.